The van der Waals surface area contributed by atoms with Crippen LogP contribution in [0.15, 0.2) is 65.0 Å². The Morgan fingerprint density at radius 2 is 1.92 bits per heavy atom. The first kappa shape index (κ1) is 25.6. The maximum Gasteiger partial charge on any atom is 0.408 e. The summed E-state index contributed by atoms with van der Waals surface area (Å²) in [6.07, 6.45) is -3.07. The number of amides is 1. The zero-order valence-corrected chi connectivity index (χ0v) is 20.9. The van der Waals surface area contributed by atoms with Crippen molar-refractivity contribution in [3.63, 3.8) is 0 Å². The fourth-order valence-corrected chi connectivity index (χ4v) is 6.18. The van der Waals surface area contributed by atoms with Gasteiger partial charge in [0.15, 0.2) is 11.5 Å². The van der Waals surface area contributed by atoms with Crippen LogP contribution in [0.3, 0.4) is 0 Å². The smallest absolute Gasteiger partial charge is 0.408 e. The van der Waals surface area contributed by atoms with Crippen LogP contribution in [0.2, 0.25) is 0 Å². The minimum Gasteiger partial charge on any atom is -0.507 e. The summed E-state index contributed by atoms with van der Waals surface area (Å²) in [6, 6.07) is 7.39. The summed E-state index contributed by atoms with van der Waals surface area (Å²) in [5, 5.41) is 23.7. The first-order chi connectivity index (χ1) is 17.5. The molecular formula is C26H25F4N3O3S. The van der Waals surface area contributed by atoms with E-state index in [1.807, 2.05) is 25.1 Å². The molecule has 2 N–H and O–H groups in total. The number of halogens is 4. The molecule has 2 aromatic rings. The third-order valence-electron chi connectivity index (χ3n) is 7.04. The molecule has 0 saturated carbocycles. The lowest BCUT2D eigenvalue weighted by Gasteiger charge is -2.50. The molecule has 6 nitrogen and oxygen atoms in total. The number of hydrogen-bond acceptors (Lipinski definition) is 6. The number of carbonyl (C=O) groups excluding carboxylic acids is 1. The van der Waals surface area contributed by atoms with Gasteiger partial charge >= 0.3 is 6.18 Å². The molecule has 11 heteroatoms. The van der Waals surface area contributed by atoms with Crippen molar-refractivity contribution >= 4 is 17.7 Å². The SMILES string of the molecule is CCc1cccc2c1[C@@H](N1CN([C@H](C)C(F)(F)F)C(=O)C3=C(O)C(O)C=CN31)c1cccc(F)c1SC2. The van der Waals surface area contributed by atoms with E-state index in [9.17, 15) is 28.2 Å². The van der Waals surface area contributed by atoms with E-state index in [0.717, 1.165) is 23.6 Å². The Hall–Kier alpha value is -3.02. The van der Waals surface area contributed by atoms with Crippen LogP contribution in [-0.4, -0.2) is 56.0 Å². The molecule has 2 aromatic carbocycles. The molecule has 0 radical (unpaired) electrons. The number of hydrazine groups is 1. The highest BCUT2D eigenvalue weighted by Crippen LogP contribution is 2.47. The molecule has 37 heavy (non-hydrogen) atoms. The van der Waals surface area contributed by atoms with Crippen LogP contribution in [0.4, 0.5) is 17.6 Å². The first-order valence-corrected chi connectivity index (χ1v) is 12.8. The molecule has 0 spiro atoms. The number of aliphatic hydroxyl groups excluding tert-OH is 2. The van der Waals surface area contributed by atoms with Gasteiger partial charge in [0.25, 0.3) is 5.91 Å². The van der Waals surface area contributed by atoms with Crippen LogP contribution >= 0.6 is 11.8 Å². The van der Waals surface area contributed by atoms with Crippen molar-refractivity contribution in [3.8, 4) is 0 Å². The van der Waals surface area contributed by atoms with Crippen LogP contribution in [-0.2, 0) is 17.0 Å². The molecule has 0 bridgehead atoms. The summed E-state index contributed by atoms with van der Waals surface area (Å²) in [5.74, 6) is -1.81. The van der Waals surface area contributed by atoms with E-state index in [-0.39, 0.29) is 0 Å². The number of alkyl halides is 3. The molecule has 3 aliphatic heterocycles. The van der Waals surface area contributed by atoms with E-state index in [1.54, 1.807) is 12.1 Å². The standard InChI is InChI=1S/C26H25F4N3O3S/c1-3-15-6-4-7-16-12-37-24-17(8-5-9-18(24)27)21(20(15)16)33-13-31(14(2)26(28,29)30)25(36)22-23(35)19(34)10-11-32(22)33/h4-11,14,19,21,34-35H,3,12-13H2,1-2H3/t14-,19?,21+/m1/s1. The van der Waals surface area contributed by atoms with Gasteiger partial charge in [-0.25, -0.2) is 4.39 Å². The van der Waals surface area contributed by atoms with Crippen molar-refractivity contribution in [2.45, 2.75) is 55.3 Å². The van der Waals surface area contributed by atoms with Crippen LogP contribution in [0.1, 0.15) is 42.1 Å². The summed E-state index contributed by atoms with van der Waals surface area (Å²) < 4.78 is 56.7. The largest absolute Gasteiger partial charge is 0.507 e. The summed E-state index contributed by atoms with van der Waals surface area (Å²) in [5.41, 5.74) is 2.71. The normalized spacial score (nSPS) is 22.9. The van der Waals surface area contributed by atoms with Crippen LogP contribution in [0, 0.1) is 5.82 Å². The molecule has 5 rings (SSSR count). The Morgan fingerprint density at radius 3 is 2.62 bits per heavy atom. The number of benzene rings is 2. The minimum absolute atomic E-state index is 0.369. The molecule has 196 valence electrons. The van der Waals surface area contributed by atoms with E-state index < -0.39 is 54.2 Å². The molecule has 0 aliphatic carbocycles. The maximum atomic E-state index is 15.1. The molecule has 1 saturated heterocycles. The number of rotatable bonds is 3. The second-order valence-corrected chi connectivity index (χ2v) is 10.1. The summed E-state index contributed by atoms with van der Waals surface area (Å²) in [4.78, 5) is 14.3. The highest BCUT2D eigenvalue weighted by atomic mass is 32.2. The zero-order chi connectivity index (χ0) is 26.6. The van der Waals surface area contributed by atoms with Gasteiger partial charge in [0, 0.05) is 16.8 Å². The van der Waals surface area contributed by atoms with Crippen LogP contribution in [0.5, 0.6) is 0 Å². The van der Waals surface area contributed by atoms with Crippen molar-refractivity contribution < 1.29 is 32.6 Å². The summed E-state index contributed by atoms with van der Waals surface area (Å²) >= 11 is 1.31. The van der Waals surface area contributed by atoms with Crippen molar-refractivity contribution in [1.29, 1.82) is 0 Å². The van der Waals surface area contributed by atoms with E-state index in [4.69, 9.17) is 0 Å². The average molecular weight is 536 g/mol. The second-order valence-electron chi connectivity index (χ2n) is 9.13. The predicted molar refractivity (Wildman–Crippen MR) is 129 cm³/mol. The number of fused-ring (bicyclic) bond motifs is 3. The van der Waals surface area contributed by atoms with Gasteiger partial charge in [0.2, 0.25) is 0 Å². The second kappa shape index (κ2) is 9.38. The zero-order valence-electron chi connectivity index (χ0n) is 20.0. The number of carbonyl (C=O) groups is 1. The van der Waals surface area contributed by atoms with Crippen LogP contribution in [0.25, 0.3) is 0 Å². The van der Waals surface area contributed by atoms with Gasteiger partial charge in [-0.1, -0.05) is 37.3 Å². The fraction of sp³-hybridized carbons (Fsp3) is 0.346. The highest BCUT2D eigenvalue weighted by molar-refractivity contribution is 7.98. The molecule has 1 fully saturated rings. The number of aliphatic hydroxyl groups is 2. The van der Waals surface area contributed by atoms with Crippen molar-refractivity contribution in [1.82, 2.24) is 14.9 Å². The van der Waals surface area contributed by atoms with Gasteiger partial charge in [-0.3, -0.25) is 9.80 Å². The van der Waals surface area contributed by atoms with E-state index >= 15 is 4.39 Å². The van der Waals surface area contributed by atoms with E-state index in [0.29, 0.717) is 27.5 Å². The quantitative estimate of drug-likeness (QED) is 0.539. The van der Waals surface area contributed by atoms with Gasteiger partial charge in [0.1, 0.15) is 18.0 Å². The van der Waals surface area contributed by atoms with Gasteiger partial charge in [-0.2, -0.15) is 18.2 Å². The topological polar surface area (TPSA) is 67.2 Å². The number of hydrogen-bond donors (Lipinski definition) is 2. The lowest BCUT2D eigenvalue weighted by molar-refractivity contribution is -0.204. The van der Waals surface area contributed by atoms with Gasteiger partial charge in [-0.15, -0.1) is 11.8 Å². The maximum absolute atomic E-state index is 15.1. The average Bonchev–Trinajstić information content (AvgIpc) is 3.03. The fourth-order valence-electron chi connectivity index (χ4n) is 5.07. The van der Waals surface area contributed by atoms with Crippen molar-refractivity contribution in [2.24, 2.45) is 0 Å². The monoisotopic (exact) mass is 535 g/mol. The Labute approximate surface area is 215 Å². The minimum atomic E-state index is -4.74. The molecule has 1 unspecified atom stereocenters. The molecule has 3 atom stereocenters. The molecule has 0 aromatic heterocycles. The van der Waals surface area contributed by atoms with Gasteiger partial charge < -0.3 is 15.1 Å². The highest BCUT2D eigenvalue weighted by Gasteiger charge is 2.50. The first-order valence-electron chi connectivity index (χ1n) is 11.8. The molecular weight excluding hydrogens is 510 g/mol. The number of aryl methyl sites for hydroxylation is 1. The van der Waals surface area contributed by atoms with Crippen molar-refractivity contribution in [3.05, 3.63) is 88.2 Å². The van der Waals surface area contributed by atoms with Gasteiger partial charge in [-0.05, 0) is 47.7 Å². The lowest BCUT2D eigenvalue weighted by Crippen LogP contribution is -2.62. The Morgan fingerprint density at radius 1 is 1.19 bits per heavy atom. The third kappa shape index (κ3) is 4.18. The van der Waals surface area contributed by atoms with E-state index in [1.165, 1.54) is 40.1 Å². The third-order valence-corrected chi connectivity index (χ3v) is 8.22. The predicted octanol–water partition coefficient (Wildman–Crippen LogP) is 5.01. The molecule has 1 amide bonds. The Kier molecular flexibility index (Phi) is 6.49. The number of thioether (sulfide) groups is 1. The van der Waals surface area contributed by atoms with Crippen molar-refractivity contribution in [2.75, 3.05) is 6.67 Å². The Balaban J connectivity index is 1.77. The Bertz CT molecular complexity index is 1310. The summed E-state index contributed by atoms with van der Waals surface area (Å²) in [6.45, 7) is 2.35. The summed E-state index contributed by atoms with van der Waals surface area (Å²) in [7, 11) is 0. The van der Waals surface area contributed by atoms with Gasteiger partial charge in [0.05, 0.1) is 12.7 Å². The van der Waals surface area contributed by atoms with Crippen LogP contribution < -0.4 is 0 Å². The molecule has 3 heterocycles. The molecule has 3 aliphatic rings. The lowest BCUT2D eigenvalue weighted by atomic mass is 9.89. The van der Waals surface area contributed by atoms with E-state index in [2.05, 4.69) is 0 Å². The number of nitrogens with zero attached hydrogens (tertiary/aromatic N) is 3.